The van der Waals surface area contributed by atoms with Gasteiger partial charge in [0.15, 0.2) is 0 Å². The van der Waals surface area contributed by atoms with E-state index in [-0.39, 0.29) is 18.0 Å². The number of hydrogen-bond donors (Lipinski definition) is 1. The summed E-state index contributed by atoms with van der Waals surface area (Å²) in [5, 5.41) is 13.0. The molecule has 18 heavy (non-hydrogen) atoms. The van der Waals surface area contributed by atoms with Crippen LogP contribution in [0.4, 0.5) is 4.39 Å². The Balaban J connectivity index is 2.50. The molecule has 1 aromatic heterocycles. The summed E-state index contributed by atoms with van der Waals surface area (Å²) in [7, 11) is 1.47. The summed E-state index contributed by atoms with van der Waals surface area (Å²) in [4.78, 5) is 11.0. The number of carboxylic acid groups (broad SMARTS) is 1. The second-order valence-corrected chi connectivity index (χ2v) is 3.63. The Morgan fingerprint density at radius 3 is 2.67 bits per heavy atom. The summed E-state index contributed by atoms with van der Waals surface area (Å²) < 4.78 is 19.2. The lowest BCUT2D eigenvalue weighted by Gasteiger charge is -2.07. The Morgan fingerprint density at radius 1 is 1.44 bits per heavy atom. The van der Waals surface area contributed by atoms with Gasteiger partial charge < -0.3 is 9.84 Å². The van der Waals surface area contributed by atoms with Crippen molar-refractivity contribution in [2.24, 2.45) is 0 Å². The maximum Gasteiger partial charge on any atom is 0.339 e. The quantitative estimate of drug-likeness (QED) is 0.899. The molecule has 0 spiro atoms. The van der Waals surface area contributed by atoms with Crippen LogP contribution in [0.15, 0.2) is 30.5 Å². The third-order valence-corrected chi connectivity index (χ3v) is 2.45. The van der Waals surface area contributed by atoms with E-state index in [9.17, 15) is 9.18 Å². The number of rotatable bonds is 4. The topological polar surface area (TPSA) is 64.3 Å². The number of carboxylic acids is 1. The molecule has 2 aromatic rings. The second kappa shape index (κ2) is 4.97. The van der Waals surface area contributed by atoms with E-state index in [1.807, 2.05) is 0 Å². The fourth-order valence-electron chi connectivity index (χ4n) is 1.63. The molecule has 1 heterocycles. The molecule has 0 unspecified atom stereocenters. The second-order valence-electron chi connectivity index (χ2n) is 3.63. The van der Waals surface area contributed by atoms with Crippen LogP contribution >= 0.6 is 0 Å². The molecular weight excluding hydrogens is 239 g/mol. The van der Waals surface area contributed by atoms with Crippen molar-refractivity contribution in [3.8, 4) is 5.69 Å². The highest BCUT2D eigenvalue weighted by molar-refractivity contribution is 5.88. The molecule has 1 N–H and O–H groups in total. The maximum atomic E-state index is 12.8. The molecule has 1 aromatic carbocycles. The number of benzene rings is 1. The van der Waals surface area contributed by atoms with E-state index in [0.29, 0.717) is 11.4 Å². The standard InChI is InChI=1S/C12H11FN2O3/c1-18-7-11-10(12(16)17)6-14-15(11)9-4-2-8(13)3-5-9/h2-6H,7H2,1H3,(H,16,17). The van der Waals surface area contributed by atoms with Crippen LogP contribution in [0.5, 0.6) is 0 Å². The first-order valence-corrected chi connectivity index (χ1v) is 5.18. The number of halogens is 1. The molecule has 0 aliphatic heterocycles. The lowest BCUT2D eigenvalue weighted by Crippen LogP contribution is -2.07. The molecule has 0 saturated carbocycles. The van der Waals surface area contributed by atoms with E-state index in [1.165, 1.54) is 42.3 Å². The highest BCUT2D eigenvalue weighted by Crippen LogP contribution is 2.16. The van der Waals surface area contributed by atoms with Crippen molar-refractivity contribution in [3.05, 3.63) is 47.5 Å². The van der Waals surface area contributed by atoms with Gasteiger partial charge in [-0.25, -0.2) is 13.9 Å². The minimum atomic E-state index is -1.07. The third-order valence-electron chi connectivity index (χ3n) is 2.45. The van der Waals surface area contributed by atoms with Gasteiger partial charge in [0.2, 0.25) is 0 Å². The number of hydrogen-bond acceptors (Lipinski definition) is 3. The summed E-state index contributed by atoms with van der Waals surface area (Å²) in [5.74, 6) is -1.44. The van der Waals surface area contributed by atoms with E-state index in [0.717, 1.165) is 0 Å². The van der Waals surface area contributed by atoms with Crippen LogP contribution in [0.1, 0.15) is 16.1 Å². The van der Waals surface area contributed by atoms with Gasteiger partial charge in [-0.3, -0.25) is 0 Å². The molecule has 0 saturated heterocycles. The van der Waals surface area contributed by atoms with E-state index in [4.69, 9.17) is 9.84 Å². The highest BCUT2D eigenvalue weighted by atomic mass is 19.1. The average Bonchev–Trinajstić information content (AvgIpc) is 2.74. The normalized spacial score (nSPS) is 10.6. The smallest absolute Gasteiger partial charge is 0.339 e. The molecule has 2 rings (SSSR count). The SMILES string of the molecule is COCc1c(C(=O)O)cnn1-c1ccc(F)cc1. The molecule has 0 bridgehead atoms. The molecule has 0 atom stereocenters. The summed E-state index contributed by atoms with van der Waals surface area (Å²) in [6.45, 7) is 0.110. The third kappa shape index (κ3) is 2.23. The van der Waals surface area contributed by atoms with Gasteiger partial charge in [0.25, 0.3) is 0 Å². The van der Waals surface area contributed by atoms with Crippen molar-refractivity contribution in [2.75, 3.05) is 7.11 Å². The molecule has 0 radical (unpaired) electrons. The summed E-state index contributed by atoms with van der Waals surface area (Å²) in [5.41, 5.74) is 1.06. The molecule has 0 amide bonds. The molecular formula is C12H11FN2O3. The number of ether oxygens (including phenoxy) is 1. The van der Waals surface area contributed by atoms with Crippen LogP contribution < -0.4 is 0 Å². The molecule has 0 fully saturated rings. The van der Waals surface area contributed by atoms with Gasteiger partial charge in [0, 0.05) is 7.11 Å². The fourth-order valence-corrected chi connectivity index (χ4v) is 1.63. The Hall–Kier alpha value is -2.21. The van der Waals surface area contributed by atoms with Crippen LogP contribution in [0.2, 0.25) is 0 Å². The van der Waals surface area contributed by atoms with Crippen LogP contribution in [0, 0.1) is 5.82 Å². The first-order valence-electron chi connectivity index (χ1n) is 5.18. The van der Waals surface area contributed by atoms with E-state index in [1.54, 1.807) is 0 Å². The van der Waals surface area contributed by atoms with Crippen molar-refractivity contribution in [2.45, 2.75) is 6.61 Å². The van der Waals surface area contributed by atoms with Crippen LogP contribution in [-0.4, -0.2) is 28.0 Å². The van der Waals surface area contributed by atoms with Crippen LogP contribution in [-0.2, 0) is 11.3 Å². The molecule has 5 nitrogen and oxygen atoms in total. The Morgan fingerprint density at radius 2 is 2.11 bits per heavy atom. The number of carbonyl (C=O) groups is 1. The van der Waals surface area contributed by atoms with E-state index < -0.39 is 5.97 Å². The molecule has 94 valence electrons. The highest BCUT2D eigenvalue weighted by Gasteiger charge is 2.17. The largest absolute Gasteiger partial charge is 0.478 e. The molecule has 6 heteroatoms. The van der Waals surface area contributed by atoms with E-state index >= 15 is 0 Å². The Kier molecular flexibility index (Phi) is 3.38. The summed E-state index contributed by atoms with van der Waals surface area (Å²) in [6.07, 6.45) is 1.25. The fraction of sp³-hybridized carbons (Fsp3) is 0.167. The van der Waals surface area contributed by atoms with Gasteiger partial charge in [-0.2, -0.15) is 5.10 Å². The Labute approximate surface area is 102 Å². The van der Waals surface area contributed by atoms with Gasteiger partial charge in [-0.1, -0.05) is 0 Å². The van der Waals surface area contributed by atoms with Gasteiger partial charge >= 0.3 is 5.97 Å². The summed E-state index contributed by atoms with van der Waals surface area (Å²) >= 11 is 0. The minimum Gasteiger partial charge on any atom is -0.478 e. The lowest BCUT2D eigenvalue weighted by molar-refractivity contribution is 0.0691. The van der Waals surface area contributed by atoms with Crippen molar-refractivity contribution < 1.29 is 19.0 Å². The van der Waals surface area contributed by atoms with Crippen molar-refractivity contribution in [3.63, 3.8) is 0 Å². The lowest BCUT2D eigenvalue weighted by atomic mass is 10.2. The van der Waals surface area contributed by atoms with E-state index in [2.05, 4.69) is 5.10 Å². The number of aromatic carboxylic acids is 1. The minimum absolute atomic E-state index is 0.0705. The van der Waals surface area contributed by atoms with Crippen molar-refractivity contribution >= 4 is 5.97 Å². The predicted octanol–water partition coefficient (Wildman–Crippen LogP) is 1.86. The molecule has 0 aliphatic rings. The zero-order valence-corrected chi connectivity index (χ0v) is 9.63. The van der Waals surface area contributed by atoms with Crippen LogP contribution in [0.3, 0.4) is 0 Å². The number of nitrogens with zero attached hydrogens (tertiary/aromatic N) is 2. The number of aromatic nitrogens is 2. The van der Waals surface area contributed by atoms with Crippen molar-refractivity contribution in [1.29, 1.82) is 0 Å². The predicted molar refractivity (Wildman–Crippen MR) is 61.2 cm³/mol. The zero-order valence-electron chi connectivity index (χ0n) is 9.63. The van der Waals surface area contributed by atoms with Gasteiger partial charge in [0.1, 0.15) is 11.4 Å². The average molecular weight is 250 g/mol. The number of methoxy groups -OCH3 is 1. The molecule has 0 aliphatic carbocycles. The zero-order chi connectivity index (χ0) is 13.1. The Bertz CT molecular complexity index is 563. The summed E-state index contributed by atoms with van der Waals surface area (Å²) in [6, 6.07) is 5.61. The van der Waals surface area contributed by atoms with Gasteiger partial charge in [-0.15, -0.1) is 0 Å². The van der Waals surface area contributed by atoms with Crippen molar-refractivity contribution in [1.82, 2.24) is 9.78 Å². The van der Waals surface area contributed by atoms with Gasteiger partial charge in [-0.05, 0) is 24.3 Å². The first kappa shape index (κ1) is 12.3. The van der Waals surface area contributed by atoms with Gasteiger partial charge in [0.05, 0.1) is 24.2 Å². The monoisotopic (exact) mass is 250 g/mol. The first-order chi connectivity index (χ1) is 8.63. The maximum absolute atomic E-state index is 12.8. The van der Waals surface area contributed by atoms with Crippen LogP contribution in [0.25, 0.3) is 5.69 Å².